The van der Waals surface area contributed by atoms with E-state index >= 15 is 0 Å². The van der Waals surface area contributed by atoms with Crippen molar-refractivity contribution in [3.63, 3.8) is 0 Å². The summed E-state index contributed by atoms with van der Waals surface area (Å²) in [5, 5.41) is 0. The molecule has 0 aromatic carbocycles. The Balaban J connectivity index is 0.000000697. The van der Waals surface area contributed by atoms with Gasteiger partial charge in [0.2, 0.25) is 0 Å². The number of carbonyl (C=O) groups excluding carboxylic acids is 8. The van der Waals surface area contributed by atoms with Gasteiger partial charge in [0.15, 0.2) is 0 Å². The van der Waals surface area contributed by atoms with E-state index in [-0.39, 0.29) is 57.0 Å². The summed E-state index contributed by atoms with van der Waals surface area (Å²) in [5.74, 6) is -5.09. The Bertz CT molecular complexity index is 1050. The van der Waals surface area contributed by atoms with Crippen molar-refractivity contribution >= 4 is 47.4 Å². The Hall–Kier alpha value is -4.04. The first kappa shape index (κ1) is 41.0. The van der Waals surface area contributed by atoms with E-state index in [9.17, 15) is 38.4 Å². The number of amides is 2. The molecule has 0 radical (unpaired) electrons. The number of hydrogen-bond donors (Lipinski definition) is 0. The number of esters is 3. The van der Waals surface area contributed by atoms with E-state index < -0.39 is 46.9 Å². The van der Waals surface area contributed by atoms with Gasteiger partial charge in [0.25, 0.3) is 5.78 Å². The Morgan fingerprint density at radius 1 is 0.622 bits per heavy atom. The van der Waals surface area contributed by atoms with Crippen molar-refractivity contribution in [2.45, 2.75) is 92.8 Å². The fraction of sp³-hybridized carbons (Fsp3) is 0.733. The van der Waals surface area contributed by atoms with Crippen LogP contribution < -0.4 is 0 Å². The lowest BCUT2D eigenvalue weighted by Crippen LogP contribution is -2.49. The number of likely N-dealkylation sites (tertiary alicyclic amines) is 2. The van der Waals surface area contributed by atoms with E-state index in [1.54, 1.807) is 46.4 Å². The second-order valence-electron chi connectivity index (χ2n) is 11.7. The summed E-state index contributed by atoms with van der Waals surface area (Å²) < 4.78 is 23.7. The lowest BCUT2D eigenvalue weighted by molar-refractivity contribution is -0.167. The van der Waals surface area contributed by atoms with E-state index in [2.05, 4.69) is 14.2 Å². The van der Waals surface area contributed by atoms with Gasteiger partial charge in [-0.25, -0.2) is 24.0 Å². The van der Waals surface area contributed by atoms with Gasteiger partial charge in [0.05, 0.1) is 19.8 Å². The van der Waals surface area contributed by atoms with Crippen LogP contribution in [0.1, 0.15) is 81.6 Å². The standard InChI is InChI=1S/C14H21NO6.C10H17NO3.C6H10O4/c1-5-20-12(18)11(17)9-8-15(7-6-10(9)16)13(19)21-14(2,3)4;1-10(2,3)14-9(13)11-6-4-8(12)5-7-11;1-3-9-5(7)6(8)10-4-2/h9H,5-8H2,1-4H3;4-7H2,1-3H3;3-4H2,1-2H3. The third kappa shape index (κ3) is 17.1. The highest BCUT2D eigenvalue weighted by molar-refractivity contribution is 6.38. The van der Waals surface area contributed by atoms with Gasteiger partial charge >= 0.3 is 30.1 Å². The average Bonchev–Trinajstić information content (AvgIpc) is 2.92. The lowest BCUT2D eigenvalue weighted by atomic mass is 9.92. The van der Waals surface area contributed by atoms with Crippen LogP contribution >= 0.6 is 0 Å². The van der Waals surface area contributed by atoms with Crippen molar-refractivity contribution in [2.75, 3.05) is 46.0 Å². The van der Waals surface area contributed by atoms with E-state index in [0.29, 0.717) is 25.9 Å². The van der Waals surface area contributed by atoms with Gasteiger partial charge in [0.1, 0.15) is 28.7 Å². The molecule has 2 heterocycles. The van der Waals surface area contributed by atoms with Gasteiger partial charge in [-0.05, 0) is 62.3 Å². The number of rotatable bonds is 5. The summed E-state index contributed by atoms with van der Waals surface area (Å²) in [5.41, 5.74) is -1.13. The monoisotopic (exact) mass is 644 g/mol. The maximum atomic E-state index is 11.9. The van der Waals surface area contributed by atoms with Crippen molar-refractivity contribution in [3.8, 4) is 0 Å². The van der Waals surface area contributed by atoms with Gasteiger partial charge in [-0.1, -0.05) is 0 Å². The second kappa shape index (κ2) is 19.4. The Morgan fingerprint density at radius 2 is 1.00 bits per heavy atom. The molecule has 2 fully saturated rings. The molecule has 0 N–H and O–H groups in total. The molecule has 2 aliphatic rings. The Morgan fingerprint density at radius 3 is 1.40 bits per heavy atom. The van der Waals surface area contributed by atoms with Crippen LogP contribution in [0, 0.1) is 5.92 Å². The molecule has 0 aliphatic carbocycles. The maximum absolute atomic E-state index is 11.9. The Labute approximate surface area is 264 Å². The van der Waals surface area contributed by atoms with E-state index in [1.807, 2.05) is 20.8 Å². The number of nitrogens with zero attached hydrogens (tertiary/aromatic N) is 2. The number of piperidine rings is 2. The molecule has 15 heteroatoms. The van der Waals surface area contributed by atoms with Gasteiger partial charge in [-0.3, -0.25) is 14.4 Å². The first-order valence-corrected chi connectivity index (χ1v) is 14.8. The normalized spacial score (nSPS) is 16.5. The molecule has 0 bridgehead atoms. The van der Waals surface area contributed by atoms with Crippen LogP contribution in [0.4, 0.5) is 9.59 Å². The molecule has 2 rings (SSSR count). The van der Waals surface area contributed by atoms with Crippen LogP contribution in [0.5, 0.6) is 0 Å². The molecular formula is C30H48N2O13. The molecule has 0 aromatic heterocycles. The molecule has 0 aromatic rings. The summed E-state index contributed by atoms with van der Waals surface area (Å²) in [7, 11) is 0. The lowest BCUT2D eigenvalue weighted by Gasteiger charge is -2.32. The molecule has 256 valence electrons. The number of ketones is 3. The number of ether oxygens (including phenoxy) is 5. The van der Waals surface area contributed by atoms with Crippen molar-refractivity contribution in [3.05, 3.63) is 0 Å². The highest BCUT2D eigenvalue weighted by atomic mass is 16.6. The van der Waals surface area contributed by atoms with Gasteiger partial charge in [-0.2, -0.15) is 0 Å². The van der Waals surface area contributed by atoms with Gasteiger partial charge in [-0.15, -0.1) is 0 Å². The van der Waals surface area contributed by atoms with E-state index in [4.69, 9.17) is 9.47 Å². The fourth-order valence-corrected chi connectivity index (χ4v) is 3.54. The minimum atomic E-state index is -1.16. The Kier molecular flexibility index (Phi) is 17.6. The van der Waals surface area contributed by atoms with Crippen LogP contribution in [-0.2, 0) is 52.5 Å². The number of hydrogen-bond acceptors (Lipinski definition) is 13. The first-order valence-electron chi connectivity index (χ1n) is 14.8. The number of Topliss-reactive ketones (excluding diaryl/α,β-unsaturated/α-hetero) is 3. The minimum Gasteiger partial charge on any atom is -0.460 e. The van der Waals surface area contributed by atoms with Crippen LogP contribution in [0.25, 0.3) is 0 Å². The number of carbonyl (C=O) groups is 8. The van der Waals surface area contributed by atoms with Crippen molar-refractivity contribution in [2.24, 2.45) is 5.92 Å². The second-order valence-corrected chi connectivity index (χ2v) is 11.7. The van der Waals surface area contributed by atoms with E-state index in [1.165, 1.54) is 4.90 Å². The maximum Gasteiger partial charge on any atom is 0.417 e. The summed E-state index contributed by atoms with van der Waals surface area (Å²) in [6.07, 6.45) is 0.0229. The summed E-state index contributed by atoms with van der Waals surface area (Å²) in [6.45, 7) is 16.9. The highest BCUT2D eigenvalue weighted by Crippen LogP contribution is 2.18. The zero-order valence-electron chi connectivity index (χ0n) is 27.9. The molecule has 2 aliphatic heterocycles. The van der Waals surface area contributed by atoms with Crippen molar-refractivity contribution in [1.82, 2.24) is 9.80 Å². The highest BCUT2D eigenvalue weighted by Gasteiger charge is 2.39. The van der Waals surface area contributed by atoms with Gasteiger partial charge in [0, 0.05) is 45.4 Å². The third-order valence-corrected chi connectivity index (χ3v) is 5.55. The average molecular weight is 645 g/mol. The SMILES string of the molecule is CC(C)(C)OC(=O)N1CCC(=O)CC1.CCOC(=O)C(=O)C1CN(C(=O)OC(C)(C)C)CCC1=O.CCOC(=O)C(=O)OCC. The predicted molar refractivity (Wildman–Crippen MR) is 158 cm³/mol. The quantitative estimate of drug-likeness (QED) is 0.184. The molecule has 2 saturated heterocycles. The van der Waals surface area contributed by atoms with Gasteiger partial charge < -0.3 is 33.5 Å². The van der Waals surface area contributed by atoms with Crippen LogP contribution in [0.3, 0.4) is 0 Å². The third-order valence-electron chi connectivity index (χ3n) is 5.55. The fourth-order valence-electron chi connectivity index (χ4n) is 3.54. The zero-order chi connectivity index (χ0) is 35.0. The topological polar surface area (TPSA) is 189 Å². The summed E-state index contributed by atoms with van der Waals surface area (Å²) >= 11 is 0. The van der Waals surface area contributed by atoms with Crippen LogP contribution in [0.15, 0.2) is 0 Å². The van der Waals surface area contributed by atoms with Crippen molar-refractivity contribution < 1.29 is 62.0 Å². The molecule has 1 unspecified atom stereocenters. The molecular weight excluding hydrogens is 596 g/mol. The van der Waals surface area contributed by atoms with Crippen molar-refractivity contribution in [1.29, 1.82) is 0 Å². The van der Waals surface area contributed by atoms with E-state index in [0.717, 1.165) is 0 Å². The molecule has 15 nitrogen and oxygen atoms in total. The zero-order valence-corrected chi connectivity index (χ0v) is 27.9. The first-order chi connectivity index (χ1) is 20.8. The molecule has 0 saturated carbocycles. The van der Waals surface area contributed by atoms with Crippen LogP contribution in [0.2, 0.25) is 0 Å². The summed E-state index contributed by atoms with van der Waals surface area (Å²) in [6, 6.07) is 0. The molecule has 2 amide bonds. The molecule has 45 heavy (non-hydrogen) atoms. The predicted octanol–water partition coefficient (Wildman–Crippen LogP) is 2.64. The largest absolute Gasteiger partial charge is 0.460 e. The smallest absolute Gasteiger partial charge is 0.417 e. The summed E-state index contributed by atoms with van der Waals surface area (Å²) in [4.78, 5) is 93.2. The van der Waals surface area contributed by atoms with Crippen LogP contribution in [-0.4, -0.2) is 114 Å². The minimum absolute atomic E-state index is 0.0229. The molecule has 1 atom stereocenters. The molecule has 0 spiro atoms.